The van der Waals surface area contributed by atoms with Crippen LogP contribution in [0.2, 0.25) is 0 Å². The molecule has 0 aliphatic heterocycles. The van der Waals surface area contributed by atoms with Gasteiger partial charge in [0.2, 0.25) is 0 Å². The lowest BCUT2D eigenvalue weighted by molar-refractivity contribution is -0.137. The molecule has 1 N–H and O–H groups in total. The largest absolute Gasteiger partial charge is 0.417 e. The number of hydrazone groups is 1. The summed E-state index contributed by atoms with van der Waals surface area (Å²) in [6.45, 7) is 0. The zero-order valence-electron chi connectivity index (χ0n) is 19.4. The van der Waals surface area contributed by atoms with E-state index in [2.05, 4.69) is 10.5 Å². The number of hydrogen-bond donors (Lipinski definition) is 1. The molecule has 0 spiro atoms. The summed E-state index contributed by atoms with van der Waals surface area (Å²) >= 11 is 0. The molecule has 4 nitrogen and oxygen atoms in total. The Labute approximate surface area is 211 Å². The normalized spacial score (nSPS) is 11.6. The molecule has 182 valence electrons. The van der Waals surface area contributed by atoms with Crippen LogP contribution in [0, 0.1) is 0 Å². The number of para-hydroxylation sites is 1. The number of nitrogens with one attached hydrogen (secondary N) is 1. The number of hydrogen-bond acceptors (Lipinski definition) is 3. The minimum absolute atomic E-state index is 0.144. The van der Waals surface area contributed by atoms with Crippen molar-refractivity contribution in [1.29, 1.82) is 0 Å². The molecule has 1 heterocycles. The fraction of sp³-hybridized carbons (Fsp3) is 0.0333. The lowest BCUT2D eigenvalue weighted by Crippen LogP contribution is -2.19. The molecule has 1 amide bonds. The molecule has 0 saturated carbocycles. The Hall–Kier alpha value is -4.78. The van der Waals surface area contributed by atoms with Gasteiger partial charge in [0.1, 0.15) is 0 Å². The zero-order valence-corrected chi connectivity index (χ0v) is 19.4. The predicted molar refractivity (Wildman–Crippen MR) is 139 cm³/mol. The van der Waals surface area contributed by atoms with Gasteiger partial charge in [-0.3, -0.25) is 4.79 Å². The van der Waals surface area contributed by atoms with Gasteiger partial charge in [0, 0.05) is 16.5 Å². The molecule has 0 unspecified atom stereocenters. The Bertz CT molecular complexity index is 1590. The van der Waals surface area contributed by atoms with Gasteiger partial charge in [0.25, 0.3) is 5.91 Å². The quantitative estimate of drug-likeness (QED) is 0.205. The predicted octanol–water partition coefficient (Wildman–Crippen LogP) is 7.35. The van der Waals surface area contributed by atoms with Crippen molar-refractivity contribution < 1.29 is 18.0 Å². The number of carbonyl (C=O) groups is 1. The van der Waals surface area contributed by atoms with Crippen LogP contribution in [-0.4, -0.2) is 17.1 Å². The van der Waals surface area contributed by atoms with E-state index in [1.54, 1.807) is 24.3 Å². The SMILES string of the molecule is O=C(NN=Cc1ccccc1C(F)(F)F)c1cc(-c2ccc(-c3ccccc3)cc2)nc2ccccc12. The molecule has 37 heavy (non-hydrogen) atoms. The molecule has 5 aromatic rings. The number of fused-ring (bicyclic) bond motifs is 1. The number of rotatable bonds is 5. The Balaban J connectivity index is 1.45. The van der Waals surface area contributed by atoms with Gasteiger partial charge < -0.3 is 0 Å². The minimum atomic E-state index is -4.53. The second-order valence-electron chi connectivity index (χ2n) is 8.30. The number of benzene rings is 4. The van der Waals surface area contributed by atoms with Gasteiger partial charge in [-0.25, -0.2) is 10.4 Å². The number of aromatic nitrogens is 1. The highest BCUT2D eigenvalue weighted by molar-refractivity contribution is 6.07. The summed E-state index contributed by atoms with van der Waals surface area (Å²) in [4.78, 5) is 17.8. The van der Waals surface area contributed by atoms with Gasteiger partial charge in [-0.15, -0.1) is 0 Å². The topological polar surface area (TPSA) is 54.4 Å². The fourth-order valence-electron chi connectivity index (χ4n) is 4.06. The Morgan fingerprint density at radius 1 is 0.757 bits per heavy atom. The van der Waals surface area contributed by atoms with E-state index in [-0.39, 0.29) is 5.56 Å². The lowest BCUT2D eigenvalue weighted by atomic mass is 10.0. The maximum atomic E-state index is 13.2. The average molecular weight is 496 g/mol. The molecule has 5 rings (SSSR count). The smallest absolute Gasteiger partial charge is 0.267 e. The Kier molecular flexibility index (Phi) is 6.51. The molecule has 0 fully saturated rings. The second kappa shape index (κ2) is 10.1. The van der Waals surface area contributed by atoms with E-state index in [0.717, 1.165) is 29.0 Å². The molecule has 0 atom stereocenters. The fourth-order valence-corrected chi connectivity index (χ4v) is 4.06. The van der Waals surface area contributed by atoms with E-state index < -0.39 is 17.6 Å². The van der Waals surface area contributed by atoms with Crippen LogP contribution in [0.25, 0.3) is 33.3 Å². The van der Waals surface area contributed by atoms with Crippen molar-refractivity contribution in [3.8, 4) is 22.4 Å². The molecule has 0 bridgehead atoms. The number of amides is 1. The van der Waals surface area contributed by atoms with Crippen LogP contribution in [0.5, 0.6) is 0 Å². The van der Waals surface area contributed by atoms with Crippen LogP contribution in [0.15, 0.2) is 114 Å². The summed E-state index contributed by atoms with van der Waals surface area (Å²) < 4.78 is 39.7. The number of nitrogens with zero attached hydrogens (tertiary/aromatic N) is 2. The molecule has 1 aromatic heterocycles. The highest BCUT2D eigenvalue weighted by Gasteiger charge is 2.32. The van der Waals surface area contributed by atoms with Crippen molar-refractivity contribution in [2.75, 3.05) is 0 Å². The van der Waals surface area contributed by atoms with Crippen LogP contribution in [0.4, 0.5) is 13.2 Å². The maximum absolute atomic E-state index is 13.2. The van der Waals surface area contributed by atoms with Gasteiger partial charge in [-0.1, -0.05) is 91.0 Å². The third-order valence-corrected chi connectivity index (χ3v) is 5.88. The Morgan fingerprint density at radius 3 is 2.14 bits per heavy atom. The van der Waals surface area contributed by atoms with Gasteiger partial charge in [0.05, 0.1) is 28.6 Å². The number of pyridine rings is 1. The summed E-state index contributed by atoms with van der Waals surface area (Å²) in [5.74, 6) is -0.554. The molecular formula is C30H20F3N3O. The van der Waals surface area contributed by atoms with Crippen molar-refractivity contribution in [3.63, 3.8) is 0 Å². The van der Waals surface area contributed by atoms with Gasteiger partial charge in [0.15, 0.2) is 0 Å². The highest BCUT2D eigenvalue weighted by atomic mass is 19.4. The zero-order chi connectivity index (χ0) is 25.8. The lowest BCUT2D eigenvalue weighted by Gasteiger charge is -2.10. The first-order valence-electron chi connectivity index (χ1n) is 11.5. The van der Waals surface area contributed by atoms with Crippen molar-refractivity contribution in [2.45, 2.75) is 6.18 Å². The van der Waals surface area contributed by atoms with Gasteiger partial charge >= 0.3 is 6.18 Å². The third-order valence-electron chi connectivity index (χ3n) is 5.88. The van der Waals surface area contributed by atoms with E-state index >= 15 is 0 Å². The molecule has 4 aromatic carbocycles. The van der Waals surface area contributed by atoms with E-state index in [1.165, 1.54) is 18.2 Å². The van der Waals surface area contributed by atoms with Crippen LogP contribution >= 0.6 is 0 Å². The first-order valence-corrected chi connectivity index (χ1v) is 11.5. The number of carbonyl (C=O) groups excluding carboxylic acids is 1. The minimum Gasteiger partial charge on any atom is -0.267 e. The summed E-state index contributed by atoms with van der Waals surface area (Å²) in [6, 6.07) is 31.7. The number of halogens is 3. The van der Waals surface area contributed by atoms with Crippen molar-refractivity contribution in [3.05, 3.63) is 126 Å². The molecule has 0 aliphatic carbocycles. The first kappa shape index (κ1) is 23.9. The average Bonchev–Trinajstić information content (AvgIpc) is 2.92. The van der Waals surface area contributed by atoms with Crippen LogP contribution < -0.4 is 5.43 Å². The van der Waals surface area contributed by atoms with Gasteiger partial charge in [-0.05, 0) is 29.3 Å². The highest BCUT2D eigenvalue weighted by Crippen LogP contribution is 2.31. The van der Waals surface area contributed by atoms with Crippen LogP contribution in [0.1, 0.15) is 21.5 Å². The van der Waals surface area contributed by atoms with E-state index in [0.29, 0.717) is 22.2 Å². The standard InChI is InChI=1S/C30H20F3N3O/c31-30(32,33)26-12-6-4-10-23(26)19-34-36-29(37)25-18-28(35-27-13-7-5-11-24(25)27)22-16-14-21(15-17-22)20-8-2-1-3-9-20/h1-19H,(H,36,37). The maximum Gasteiger partial charge on any atom is 0.417 e. The van der Waals surface area contributed by atoms with E-state index in [4.69, 9.17) is 4.98 Å². The molecule has 0 radical (unpaired) electrons. The van der Waals surface area contributed by atoms with Crippen molar-refractivity contribution >= 4 is 23.0 Å². The van der Waals surface area contributed by atoms with Crippen LogP contribution in [0.3, 0.4) is 0 Å². The van der Waals surface area contributed by atoms with E-state index in [9.17, 15) is 18.0 Å². The molecule has 0 saturated heterocycles. The molecule has 7 heteroatoms. The Morgan fingerprint density at radius 2 is 1.38 bits per heavy atom. The van der Waals surface area contributed by atoms with Gasteiger partial charge in [-0.2, -0.15) is 18.3 Å². The summed E-state index contributed by atoms with van der Waals surface area (Å²) in [7, 11) is 0. The van der Waals surface area contributed by atoms with Crippen molar-refractivity contribution in [1.82, 2.24) is 10.4 Å². The van der Waals surface area contributed by atoms with E-state index in [1.807, 2.05) is 60.7 Å². The monoisotopic (exact) mass is 495 g/mol. The summed E-state index contributed by atoms with van der Waals surface area (Å²) in [6.07, 6.45) is -3.54. The first-order chi connectivity index (χ1) is 17.9. The van der Waals surface area contributed by atoms with Crippen molar-refractivity contribution in [2.24, 2.45) is 5.10 Å². The third kappa shape index (κ3) is 5.26. The van der Waals surface area contributed by atoms with Crippen LogP contribution in [-0.2, 0) is 6.18 Å². The summed E-state index contributed by atoms with van der Waals surface area (Å²) in [5.41, 5.74) is 5.87. The second-order valence-corrected chi connectivity index (χ2v) is 8.30. The summed E-state index contributed by atoms with van der Waals surface area (Å²) in [5, 5.41) is 4.41. The molecule has 0 aliphatic rings. The number of alkyl halides is 3. The molecular weight excluding hydrogens is 475 g/mol.